The van der Waals surface area contributed by atoms with Crippen molar-refractivity contribution >= 4 is 10.0 Å². The van der Waals surface area contributed by atoms with E-state index in [1.165, 1.54) is 4.31 Å². The van der Waals surface area contributed by atoms with Gasteiger partial charge in [-0.2, -0.15) is 9.40 Å². The molecule has 2 heterocycles. The second-order valence-corrected chi connectivity index (χ2v) is 7.27. The number of rotatable bonds is 3. The van der Waals surface area contributed by atoms with Crippen molar-refractivity contribution in [2.24, 2.45) is 0 Å². The number of aromatic amines is 1. The van der Waals surface area contributed by atoms with Crippen LogP contribution in [-0.4, -0.2) is 42.6 Å². The Kier molecular flexibility index (Phi) is 4.03. The van der Waals surface area contributed by atoms with Gasteiger partial charge in [0.2, 0.25) is 10.0 Å². The summed E-state index contributed by atoms with van der Waals surface area (Å²) in [5.74, 6) is 0. The van der Waals surface area contributed by atoms with Crippen LogP contribution in [0.2, 0.25) is 0 Å². The van der Waals surface area contributed by atoms with E-state index in [0.29, 0.717) is 31.1 Å². The zero-order valence-corrected chi connectivity index (χ0v) is 13.4. The Hall–Kier alpha value is -1.70. The van der Waals surface area contributed by atoms with Crippen LogP contribution < -0.4 is 0 Å². The zero-order chi connectivity index (χ0) is 15.7. The van der Waals surface area contributed by atoms with Crippen molar-refractivity contribution in [3.05, 3.63) is 47.3 Å². The Balaban J connectivity index is 1.89. The zero-order valence-electron chi connectivity index (χ0n) is 12.6. The first-order valence-corrected chi connectivity index (χ1v) is 8.62. The number of ether oxygens (including phenoxy) is 1. The summed E-state index contributed by atoms with van der Waals surface area (Å²) in [5, 5.41) is 6.73. The number of aromatic nitrogens is 2. The monoisotopic (exact) mass is 321 g/mol. The van der Waals surface area contributed by atoms with Gasteiger partial charge in [-0.05, 0) is 19.4 Å². The minimum Gasteiger partial charge on any atom is -0.371 e. The molecular weight excluding hydrogens is 302 g/mol. The van der Waals surface area contributed by atoms with Gasteiger partial charge in [-0.3, -0.25) is 5.10 Å². The molecule has 1 aromatic heterocycles. The molecule has 2 aromatic rings. The van der Waals surface area contributed by atoms with Crippen LogP contribution in [0, 0.1) is 13.8 Å². The molecule has 0 spiro atoms. The van der Waals surface area contributed by atoms with E-state index in [2.05, 4.69) is 10.2 Å². The van der Waals surface area contributed by atoms with E-state index in [1.54, 1.807) is 13.8 Å². The van der Waals surface area contributed by atoms with Crippen LogP contribution in [0.5, 0.6) is 0 Å². The molecule has 1 unspecified atom stereocenters. The standard InChI is InChI=1S/C15H19N3O3S/c1-11-15(12(2)17-16-11)22(19,20)18-8-9-21-14(10-18)13-6-4-3-5-7-13/h3-7,14H,8-10H2,1-2H3,(H,16,17). The van der Waals surface area contributed by atoms with Crippen LogP contribution in [0.3, 0.4) is 0 Å². The summed E-state index contributed by atoms with van der Waals surface area (Å²) < 4.78 is 33.0. The Bertz CT molecular complexity index is 736. The fourth-order valence-electron chi connectivity index (χ4n) is 2.76. The minimum absolute atomic E-state index is 0.239. The largest absolute Gasteiger partial charge is 0.371 e. The van der Waals surface area contributed by atoms with E-state index >= 15 is 0 Å². The molecule has 1 fully saturated rings. The highest BCUT2D eigenvalue weighted by Crippen LogP contribution is 2.28. The van der Waals surface area contributed by atoms with Crippen molar-refractivity contribution in [3.8, 4) is 0 Å². The topological polar surface area (TPSA) is 75.3 Å². The van der Waals surface area contributed by atoms with Crippen LogP contribution in [-0.2, 0) is 14.8 Å². The smallest absolute Gasteiger partial charge is 0.246 e. The number of benzene rings is 1. The van der Waals surface area contributed by atoms with Crippen molar-refractivity contribution in [1.29, 1.82) is 0 Å². The number of sulfonamides is 1. The van der Waals surface area contributed by atoms with Gasteiger partial charge in [-0.15, -0.1) is 0 Å². The van der Waals surface area contributed by atoms with E-state index in [4.69, 9.17) is 4.74 Å². The maximum absolute atomic E-state index is 12.9. The van der Waals surface area contributed by atoms with Gasteiger partial charge in [0.15, 0.2) is 0 Å². The molecule has 1 aliphatic rings. The van der Waals surface area contributed by atoms with Gasteiger partial charge < -0.3 is 4.74 Å². The van der Waals surface area contributed by atoms with Crippen LogP contribution >= 0.6 is 0 Å². The third kappa shape index (κ3) is 2.67. The van der Waals surface area contributed by atoms with Crippen LogP contribution in [0.4, 0.5) is 0 Å². The predicted octanol–water partition coefficient (Wildman–Crippen LogP) is 1.79. The first kappa shape index (κ1) is 15.2. The molecule has 118 valence electrons. The fourth-order valence-corrected chi connectivity index (χ4v) is 4.52. The molecule has 1 atom stereocenters. The number of morpholine rings is 1. The summed E-state index contributed by atoms with van der Waals surface area (Å²) in [6.07, 6.45) is -0.239. The van der Waals surface area contributed by atoms with Crippen molar-refractivity contribution in [2.75, 3.05) is 19.7 Å². The number of nitrogens with one attached hydrogen (secondary N) is 1. The number of nitrogens with zero attached hydrogens (tertiary/aromatic N) is 2. The fraction of sp³-hybridized carbons (Fsp3) is 0.400. The van der Waals surface area contributed by atoms with Crippen molar-refractivity contribution in [3.63, 3.8) is 0 Å². The number of aryl methyl sites for hydroxylation is 2. The van der Waals surface area contributed by atoms with Gasteiger partial charge in [-0.25, -0.2) is 8.42 Å². The molecule has 1 aromatic carbocycles. The van der Waals surface area contributed by atoms with E-state index in [9.17, 15) is 8.42 Å². The molecule has 6 nitrogen and oxygen atoms in total. The quantitative estimate of drug-likeness (QED) is 0.935. The van der Waals surface area contributed by atoms with Gasteiger partial charge in [0, 0.05) is 13.1 Å². The molecule has 7 heteroatoms. The second-order valence-electron chi connectivity index (χ2n) is 5.40. The van der Waals surface area contributed by atoms with Crippen LogP contribution in [0.25, 0.3) is 0 Å². The summed E-state index contributed by atoms with van der Waals surface area (Å²) in [4.78, 5) is 0.279. The summed E-state index contributed by atoms with van der Waals surface area (Å²) in [7, 11) is -3.56. The number of H-pyrrole nitrogens is 1. The second kappa shape index (κ2) is 5.83. The first-order valence-electron chi connectivity index (χ1n) is 7.18. The molecule has 0 aliphatic carbocycles. The lowest BCUT2D eigenvalue weighted by Crippen LogP contribution is -2.42. The molecule has 0 amide bonds. The SMILES string of the molecule is Cc1n[nH]c(C)c1S(=O)(=O)N1CCOC(c2ccccc2)C1. The van der Waals surface area contributed by atoms with Crippen LogP contribution in [0.15, 0.2) is 35.2 Å². The highest BCUT2D eigenvalue weighted by atomic mass is 32.2. The molecule has 1 aliphatic heterocycles. The lowest BCUT2D eigenvalue weighted by Gasteiger charge is -2.32. The average Bonchev–Trinajstić information content (AvgIpc) is 2.88. The van der Waals surface area contributed by atoms with Gasteiger partial charge in [0.05, 0.1) is 24.1 Å². The van der Waals surface area contributed by atoms with E-state index in [0.717, 1.165) is 5.56 Å². The third-order valence-corrected chi connectivity index (χ3v) is 5.99. The number of hydrogen-bond acceptors (Lipinski definition) is 4. The van der Waals surface area contributed by atoms with Crippen LogP contribution in [0.1, 0.15) is 23.1 Å². The molecule has 22 heavy (non-hydrogen) atoms. The molecule has 1 N–H and O–H groups in total. The average molecular weight is 321 g/mol. The molecular formula is C15H19N3O3S. The van der Waals surface area contributed by atoms with Gasteiger partial charge in [0.1, 0.15) is 4.90 Å². The molecule has 0 saturated carbocycles. The maximum atomic E-state index is 12.9. The van der Waals surface area contributed by atoms with Crippen molar-refractivity contribution < 1.29 is 13.2 Å². The Morgan fingerprint density at radius 2 is 2.00 bits per heavy atom. The number of hydrogen-bond donors (Lipinski definition) is 1. The summed E-state index contributed by atoms with van der Waals surface area (Å²) >= 11 is 0. The van der Waals surface area contributed by atoms with Crippen molar-refractivity contribution in [2.45, 2.75) is 24.8 Å². The summed E-state index contributed by atoms with van der Waals surface area (Å²) in [5.41, 5.74) is 2.06. The highest BCUT2D eigenvalue weighted by molar-refractivity contribution is 7.89. The Morgan fingerprint density at radius 1 is 1.27 bits per heavy atom. The summed E-state index contributed by atoms with van der Waals surface area (Å²) in [6, 6.07) is 9.69. The first-order chi connectivity index (χ1) is 10.5. The van der Waals surface area contributed by atoms with E-state index < -0.39 is 10.0 Å². The van der Waals surface area contributed by atoms with E-state index in [1.807, 2.05) is 30.3 Å². The third-order valence-electron chi connectivity index (χ3n) is 3.86. The Morgan fingerprint density at radius 3 is 2.64 bits per heavy atom. The van der Waals surface area contributed by atoms with Gasteiger partial charge >= 0.3 is 0 Å². The lowest BCUT2D eigenvalue weighted by molar-refractivity contribution is -0.00257. The predicted molar refractivity (Wildman–Crippen MR) is 82.0 cm³/mol. The maximum Gasteiger partial charge on any atom is 0.246 e. The van der Waals surface area contributed by atoms with Crippen molar-refractivity contribution in [1.82, 2.24) is 14.5 Å². The molecule has 0 radical (unpaired) electrons. The highest BCUT2D eigenvalue weighted by Gasteiger charge is 2.34. The Labute approximate surface area is 130 Å². The minimum atomic E-state index is -3.56. The molecule has 0 bridgehead atoms. The van der Waals surface area contributed by atoms with Gasteiger partial charge in [0.25, 0.3) is 0 Å². The summed E-state index contributed by atoms with van der Waals surface area (Å²) in [6.45, 7) is 4.48. The van der Waals surface area contributed by atoms with Gasteiger partial charge in [-0.1, -0.05) is 30.3 Å². The molecule has 1 saturated heterocycles. The molecule has 3 rings (SSSR count). The van der Waals surface area contributed by atoms with E-state index in [-0.39, 0.29) is 11.0 Å². The normalized spacial score (nSPS) is 20.2. The lowest BCUT2D eigenvalue weighted by atomic mass is 10.1.